The predicted molar refractivity (Wildman–Crippen MR) is 71.0 cm³/mol. The van der Waals surface area contributed by atoms with Gasteiger partial charge in [-0.15, -0.1) is 0 Å². The van der Waals surface area contributed by atoms with E-state index in [1.807, 2.05) is 25.1 Å². The number of aromatic nitrogens is 3. The van der Waals surface area contributed by atoms with Crippen LogP contribution in [-0.2, 0) is 6.42 Å². The van der Waals surface area contributed by atoms with Crippen molar-refractivity contribution in [1.29, 1.82) is 0 Å². The maximum atomic E-state index is 5.28. The molecule has 6 heteroatoms. The summed E-state index contributed by atoms with van der Waals surface area (Å²) in [5.41, 5.74) is 4.46. The number of hydrogen-bond acceptors (Lipinski definition) is 6. The Kier molecular flexibility index (Phi) is 4.03. The van der Waals surface area contributed by atoms with E-state index in [-0.39, 0.29) is 0 Å². The number of aryl methyl sites for hydroxylation is 1. The number of rotatable bonds is 5. The highest BCUT2D eigenvalue weighted by molar-refractivity contribution is 5.46. The summed E-state index contributed by atoms with van der Waals surface area (Å²) in [5.74, 6) is 6.47. The van der Waals surface area contributed by atoms with Crippen LogP contribution in [0.3, 0.4) is 0 Å². The van der Waals surface area contributed by atoms with Crippen molar-refractivity contribution in [2.75, 3.05) is 17.3 Å². The van der Waals surface area contributed by atoms with Gasteiger partial charge in [-0.25, -0.2) is 10.8 Å². The highest BCUT2D eigenvalue weighted by Crippen LogP contribution is 2.11. The van der Waals surface area contributed by atoms with Gasteiger partial charge < -0.3 is 5.32 Å². The number of hydrogen-bond donors (Lipinski definition) is 3. The molecule has 0 saturated heterocycles. The monoisotopic (exact) mass is 244 g/mol. The molecule has 0 radical (unpaired) electrons. The molecule has 6 nitrogen and oxygen atoms in total. The molecule has 2 aromatic heterocycles. The lowest BCUT2D eigenvalue weighted by atomic mass is 10.2. The quantitative estimate of drug-likeness (QED) is 0.539. The molecule has 4 N–H and O–H groups in total. The summed E-state index contributed by atoms with van der Waals surface area (Å²) in [4.78, 5) is 12.5. The maximum Gasteiger partial charge on any atom is 0.239 e. The Hall–Kier alpha value is -2.21. The van der Waals surface area contributed by atoms with Crippen LogP contribution in [0, 0.1) is 6.92 Å². The Balaban J connectivity index is 1.94. The molecule has 18 heavy (non-hydrogen) atoms. The predicted octanol–water partition coefficient (Wildman–Crippen LogP) is 1.12. The number of anilines is 2. The second kappa shape index (κ2) is 5.92. The lowest BCUT2D eigenvalue weighted by molar-refractivity contribution is 0.946. The van der Waals surface area contributed by atoms with Crippen LogP contribution in [0.1, 0.15) is 11.3 Å². The minimum absolute atomic E-state index is 0.404. The number of nitrogens with one attached hydrogen (secondary N) is 2. The molecule has 0 spiro atoms. The fourth-order valence-electron chi connectivity index (χ4n) is 1.55. The van der Waals surface area contributed by atoms with Crippen molar-refractivity contribution in [2.45, 2.75) is 13.3 Å². The normalized spacial score (nSPS) is 10.1. The third-order valence-electron chi connectivity index (χ3n) is 2.50. The molecule has 0 aliphatic rings. The van der Waals surface area contributed by atoms with Gasteiger partial charge in [0.15, 0.2) is 0 Å². The van der Waals surface area contributed by atoms with Crippen molar-refractivity contribution < 1.29 is 0 Å². The highest BCUT2D eigenvalue weighted by atomic mass is 15.3. The van der Waals surface area contributed by atoms with E-state index in [1.54, 1.807) is 12.4 Å². The maximum absolute atomic E-state index is 5.28. The van der Waals surface area contributed by atoms with E-state index < -0.39 is 0 Å². The number of nitrogen functional groups attached to an aromatic ring is 1. The van der Waals surface area contributed by atoms with Crippen molar-refractivity contribution >= 4 is 11.8 Å². The summed E-state index contributed by atoms with van der Waals surface area (Å²) in [5, 5.41) is 3.25. The first kappa shape index (κ1) is 12.3. The molecule has 94 valence electrons. The summed E-state index contributed by atoms with van der Waals surface area (Å²) < 4.78 is 0. The SMILES string of the molecule is Cc1cnc(NN)nc1NCCc1ccccn1. The second-order valence-corrected chi connectivity index (χ2v) is 3.87. The zero-order valence-electron chi connectivity index (χ0n) is 10.2. The van der Waals surface area contributed by atoms with Gasteiger partial charge in [0.05, 0.1) is 0 Å². The largest absolute Gasteiger partial charge is 0.369 e. The zero-order valence-corrected chi connectivity index (χ0v) is 10.2. The van der Waals surface area contributed by atoms with Gasteiger partial charge in [0.2, 0.25) is 5.95 Å². The Bertz CT molecular complexity index is 499. The molecule has 0 unspecified atom stereocenters. The first-order chi connectivity index (χ1) is 8.79. The summed E-state index contributed by atoms with van der Waals surface area (Å²) in [6.45, 7) is 2.71. The molecular formula is C12H16N6. The lowest BCUT2D eigenvalue weighted by Gasteiger charge is -2.09. The average Bonchev–Trinajstić information content (AvgIpc) is 2.42. The van der Waals surface area contributed by atoms with Crippen LogP contribution in [-0.4, -0.2) is 21.5 Å². The van der Waals surface area contributed by atoms with Crippen molar-refractivity contribution in [3.8, 4) is 0 Å². The minimum atomic E-state index is 0.404. The van der Waals surface area contributed by atoms with E-state index in [1.165, 1.54) is 0 Å². The van der Waals surface area contributed by atoms with Crippen LogP contribution in [0.25, 0.3) is 0 Å². The fraction of sp³-hybridized carbons (Fsp3) is 0.250. The molecule has 0 aliphatic heterocycles. The van der Waals surface area contributed by atoms with Crippen LogP contribution in [0.15, 0.2) is 30.6 Å². The number of nitrogens with two attached hydrogens (primary N) is 1. The van der Waals surface area contributed by atoms with Gasteiger partial charge in [-0.05, 0) is 19.1 Å². The molecule has 0 aromatic carbocycles. The fourth-order valence-corrected chi connectivity index (χ4v) is 1.55. The van der Waals surface area contributed by atoms with E-state index in [2.05, 4.69) is 25.7 Å². The molecule has 0 saturated carbocycles. The van der Waals surface area contributed by atoms with E-state index in [0.29, 0.717) is 5.95 Å². The van der Waals surface area contributed by atoms with Crippen LogP contribution >= 0.6 is 0 Å². The topological polar surface area (TPSA) is 88.8 Å². The van der Waals surface area contributed by atoms with Crippen LogP contribution in [0.2, 0.25) is 0 Å². The average molecular weight is 244 g/mol. The molecule has 0 fully saturated rings. The first-order valence-electron chi connectivity index (χ1n) is 5.73. The molecule has 0 bridgehead atoms. The first-order valence-corrected chi connectivity index (χ1v) is 5.73. The van der Waals surface area contributed by atoms with Crippen LogP contribution < -0.4 is 16.6 Å². The smallest absolute Gasteiger partial charge is 0.239 e. The Morgan fingerprint density at radius 3 is 2.89 bits per heavy atom. The van der Waals surface area contributed by atoms with Gasteiger partial charge in [0.1, 0.15) is 5.82 Å². The van der Waals surface area contributed by atoms with Gasteiger partial charge in [0, 0.05) is 36.6 Å². The van der Waals surface area contributed by atoms with Crippen LogP contribution in [0.5, 0.6) is 0 Å². The van der Waals surface area contributed by atoms with E-state index in [4.69, 9.17) is 5.84 Å². The Labute approximate surface area is 106 Å². The van der Waals surface area contributed by atoms with Gasteiger partial charge in [-0.1, -0.05) is 6.07 Å². The minimum Gasteiger partial charge on any atom is -0.369 e. The van der Waals surface area contributed by atoms with Crippen molar-refractivity contribution in [3.63, 3.8) is 0 Å². The molecule has 0 atom stereocenters. The van der Waals surface area contributed by atoms with Crippen molar-refractivity contribution in [3.05, 3.63) is 41.9 Å². The lowest BCUT2D eigenvalue weighted by Crippen LogP contribution is -2.14. The van der Waals surface area contributed by atoms with Crippen molar-refractivity contribution in [2.24, 2.45) is 5.84 Å². The van der Waals surface area contributed by atoms with Crippen LogP contribution in [0.4, 0.5) is 11.8 Å². The Morgan fingerprint density at radius 2 is 2.17 bits per heavy atom. The number of pyridine rings is 1. The van der Waals surface area contributed by atoms with E-state index in [9.17, 15) is 0 Å². The zero-order chi connectivity index (χ0) is 12.8. The summed E-state index contributed by atoms with van der Waals surface area (Å²) >= 11 is 0. The Morgan fingerprint density at radius 1 is 1.28 bits per heavy atom. The van der Waals surface area contributed by atoms with Crippen molar-refractivity contribution in [1.82, 2.24) is 15.0 Å². The van der Waals surface area contributed by atoms with Gasteiger partial charge in [0.25, 0.3) is 0 Å². The van der Waals surface area contributed by atoms with E-state index in [0.717, 1.165) is 30.0 Å². The van der Waals surface area contributed by atoms with Gasteiger partial charge in [-0.2, -0.15) is 4.98 Å². The molecular weight excluding hydrogens is 228 g/mol. The molecule has 0 amide bonds. The molecule has 2 aromatic rings. The molecule has 2 rings (SSSR count). The number of nitrogens with zero attached hydrogens (tertiary/aromatic N) is 3. The summed E-state index contributed by atoms with van der Waals surface area (Å²) in [7, 11) is 0. The highest BCUT2D eigenvalue weighted by Gasteiger charge is 2.02. The second-order valence-electron chi connectivity index (χ2n) is 3.87. The third kappa shape index (κ3) is 3.14. The van der Waals surface area contributed by atoms with Gasteiger partial charge >= 0.3 is 0 Å². The molecule has 2 heterocycles. The standard InChI is InChI=1S/C12H16N6/c1-9-8-16-12(18-13)17-11(9)15-7-5-10-4-2-3-6-14-10/h2-4,6,8H,5,7,13H2,1H3,(H2,15,16,17,18). The van der Waals surface area contributed by atoms with E-state index >= 15 is 0 Å². The molecule has 0 aliphatic carbocycles. The third-order valence-corrected chi connectivity index (χ3v) is 2.50. The number of hydrazine groups is 1. The van der Waals surface area contributed by atoms with Gasteiger partial charge in [-0.3, -0.25) is 10.4 Å². The summed E-state index contributed by atoms with van der Waals surface area (Å²) in [6.07, 6.45) is 4.36. The summed E-state index contributed by atoms with van der Waals surface area (Å²) in [6, 6.07) is 5.89.